The summed E-state index contributed by atoms with van der Waals surface area (Å²) in [6, 6.07) is -32.8. The van der Waals surface area contributed by atoms with Gasteiger partial charge in [-0.1, -0.05) is 175 Å². The van der Waals surface area contributed by atoms with Crippen LogP contribution in [0.15, 0.2) is 199 Å². The molecule has 54 heavy (non-hydrogen) atoms. The molecule has 0 bridgehead atoms. The second kappa shape index (κ2) is 13.4. The fraction of sp³-hybridized carbons (Fsp3) is 0. The van der Waals surface area contributed by atoms with Crippen molar-refractivity contribution in [3.05, 3.63) is 199 Å². The van der Waals surface area contributed by atoms with Crippen molar-refractivity contribution in [2.75, 3.05) is 0 Å². The minimum atomic E-state index is -1.19. The number of rotatable bonds is 6. The van der Waals surface area contributed by atoms with Crippen molar-refractivity contribution in [3.8, 4) is 67.5 Å². The van der Waals surface area contributed by atoms with Crippen molar-refractivity contribution in [1.29, 1.82) is 0 Å². The fourth-order valence-corrected chi connectivity index (χ4v) is 5.48. The summed E-state index contributed by atoms with van der Waals surface area (Å²) < 4.78 is 294. The van der Waals surface area contributed by atoms with Gasteiger partial charge in [-0.3, -0.25) is 0 Å². The monoisotopic (exact) mass is 720 g/mol. The minimum absolute atomic E-state index is 0.506. The van der Waals surface area contributed by atoms with Crippen LogP contribution in [0.4, 0.5) is 0 Å². The van der Waals surface area contributed by atoms with Gasteiger partial charge in [0.05, 0.1) is 45.2 Å². The molecule has 0 spiro atoms. The minimum Gasteiger partial charge on any atom is -0.208 e. The van der Waals surface area contributed by atoms with Crippen molar-refractivity contribution in [1.82, 2.24) is 15.0 Å². The fourth-order valence-electron chi connectivity index (χ4n) is 5.48. The highest BCUT2D eigenvalue weighted by atomic mass is 15.0. The zero-order chi connectivity index (χ0) is 64.6. The molecule has 10 aromatic rings. The number of hydrogen-bond acceptors (Lipinski definition) is 3. The molecule has 3 heteroatoms. The Kier molecular flexibility index (Phi) is 3.08. The molecule has 0 aliphatic carbocycles. The molecule has 3 nitrogen and oxygen atoms in total. The molecular weight excluding hydrogens is 655 g/mol. The summed E-state index contributed by atoms with van der Waals surface area (Å²) in [6.07, 6.45) is 0. The summed E-state index contributed by atoms with van der Waals surface area (Å²) in [5.74, 6) is -2.98. The molecular formula is C51H33N3. The van der Waals surface area contributed by atoms with Gasteiger partial charge >= 0.3 is 0 Å². The standard InChI is InChI=1S/C51H33N3/c1-3-14-34(15-4-1)36-18-12-22-41(31-36)50-52-49(35-16-5-2-6-17-35)53-51(54-50)42-23-13-21-39(32-42)37-19-11-20-38(30-37)40-28-29-47-45-26-8-7-24-43(45)44-25-9-10-27-46(44)48(47)33-40/h1-33H/i1D,2D,3D,4D,5D,6D,7D,8D,9D,10D,11D,12D,13D,14D,15D,16D,17D,18D,19D,20D,21D,22D,23D,24D,25D,26D,27D,28D,29D,30D,31D,32D,33D. The number of nitrogens with zero attached hydrogens (tertiary/aromatic N) is 3. The summed E-state index contributed by atoms with van der Waals surface area (Å²) in [5, 5.41) is -3.44. The zero-order valence-electron chi connectivity index (χ0n) is 59.8. The highest BCUT2D eigenvalue weighted by Gasteiger charge is 2.15. The largest absolute Gasteiger partial charge is 0.208 e. The van der Waals surface area contributed by atoms with Gasteiger partial charge in [0.1, 0.15) is 0 Å². The first-order chi connectivity index (χ1) is 40.5. The Hall–Kier alpha value is -7.23. The lowest BCUT2D eigenvalue weighted by atomic mass is 9.91. The smallest absolute Gasteiger partial charge is 0.164 e. The van der Waals surface area contributed by atoms with E-state index in [1.807, 2.05) is 0 Å². The first-order valence-corrected chi connectivity index (χ1v) is 15.6. The van der Waals surface area contributed by atoms with Gasteiger partial charge in [0.15, 0.2) is 17.5 Å². The molecule has 9 aromatic carbocycles. The average Bonchev–Trinajstić information content (AvgIpc) is 0.709. The van der Waals surface area contributed by atoms with Crippen molar-refractivity contribution in [3.63, 3.8) is 0 Å². The van der Waals surface area contributed by atoms with Gasteiger partial charge in [-0.05, 0) is 89.9 Å². The molecule has 252 valence electrons. The van der Waals surface area contributed by atoms with Gasteiger partial charge < -0.3 is 0 Å². The van der Waals surface area contributed by atoms with E-state index >= 15 is 0 Å². The first kappa shape index (κ1) is 12.4. The molecule has 0 saturated carbocycles. The van der Waals surface area contributed by atoms with E-state index in [-0.39, 0.29) is 0 Å². The summed E-state index contributed by atoms with van der Waals surface area (Å²) in [7, 11) is 0. The van der Waals surface area contributed by atoms with Gasteiger partial charge in [0.2, 0.25) is 0 Å². The van der Waals surface area contributed by atoms with E-state index in [0.29, 0.717) is 0 Å². The van der Waals surface area contributed by atoms with Gasteiger partial charge in [0.25, 0.3) is 0 Å². The van der Waals surface area contributed by atoms with Crippen LogP contribution in [0.2, 0.25) is 0 Å². The molecule has 0 atom stereocenters. The van der Waals surface area contributed by atoms with Crippen molar-refractivity contribution in [2.45, 2.75) is 0 Å². The summed E-state index contributed by atoms with van der Waals surface area (Å²) in [6.45, 7) is 0. The highest BCUT2D eigenvalue weighted by Crippen LogP contribution is 2.38. The highest BCUT2D eigenvalue weighted by molar-refractivity contribution is 6.25. The Morgan fingerprint density at radius 1 is 0.222 bits per heavy atom. The second-order valence-corrected chi connectivity index (χ2v) is 11.1. The third-order valence-corrected chi connectivity index (χ3v) is 7.87. The van der Waals surface area contributed by atoms with E-state index in [1.165, 1.54) is 0 Å². The van der Waals surface area contributed by atoms with Gasteiger partial charge in [-0.2, -0.15) is 0 Å². The van der Waals surface area contributed by atoms with Crippen LogP contribution in [-0.2, 0) is 0 Å². The SMILES string of the molecule is [2H]c1c([2H])c([2H])c(-c2nc(-c3c([2H])c([2H])c([2H])c(-c4c([2H])c([2H])c([2H])c([2H])c4[2H])c3[2H])nc(-c3c([2H])c([2H])c([2H])c(-c4c([2H])c([2H])c([2H])c(-c5c([2H])c([2H])c6c7c([2H])c([2H])c([2H])c([2H])c7c7c([2H])c([2H])c([2H])c([2H])c7c6c5[2H])c4[2H])c3[2H])n2)c([2H])c1[2H]. The Balaban J connectivity index is 1.34. The molecule has 0 N–H and O–H groups in total. The lowest BCUT2D eigenvalue weighted by Gasteiger charge is -2.13. The molecule has 10 rings (SSSR count). The molecule has 0 aliphatic heterocycles. The van der Waals surface area contributed by atoms with Crippen molar-refractivity contribution in [2.24, 2.45) is 0 Å². The lowest BCUT2D eigenvalue weighted by molar-refractivity contribution is 1.07. The predicted molar refractivity (Wildman–Crippen MR) is 225 cm³/mol. The number of aromatic nitrogens is 3. The maximum Gasteiger partial charge on any atom is 0.164 e. The van der Waals surface area contributed by atoms with E-state index in [9.17, 15) is 13.7 Å². The molecule has 0 fully saturated rings. The molecule has 0 amide bonds. The second-order valence-electron chi connectivity index (χ2n) is 11.1. The van der Waals surface area contributed by atoms with Gasteiger partial charge in [0, 0.05) is 16.7 Å². The van der Waals surface area contributed by atoms with Gasteiger partial charge in [-0.15, -0.1) is 0 Å². The van der Waals surface area contributed by atoms with E-state index < -0.39 is 299 Å². The maximum absolute atomic E-state index is 9.76. The van der Waals surface area contributed by atoms with Crippen molar-refractivity contribution >= 4 is 32.3 Å². The molecule has 0 unspecified atom stereocenters. The summed E-state index contributed by atoms with van der Waals surface area (Å²) >= 11 is 0. The van der Waals surface area contributed by atoms with Crippen LogP contribution in [0.3, 0.4) is 0 Å². The predicted octanol–water partition coefficient (Wildman–Crippen LogP) is 13.3. The summed E-state index contributed by atoms with van der Waals surface area (Å²) in [5.41, 5.74) is -8.26. The number of hydrogen-bond donors (Lipinski definition) is 0. The Morgan fingerprint density at radius 2 is 0.537 bits per heavy atom. The Labute approximate surface area is 360 Å². The zero-order valence-corrected chi connectivity index (χ0v) is 26.8. The van der Waals surface area contributed by atoms with Crippen molar-refractivity contribution < 1.29 is 45.2 Å². The van der Waals surface area contributed by atoms with Gasteiger partial charge in [-0.25, -0.2) is 15.0 Å². The third kappa shape index (κ3) is 5.78. The molecule has 0 radical (unpaired) electrons. The van der Waals surface area contributed by atoms with Crippen LogP contribution >= 0.6 is 0 Å². The van der Waals surface area contributed by atoms with Crippen LogP contribution in [0, 0.1) is 0 Å². The molecule has 0 aliphatic rings. The Morgan fingerprint density at radius 3 is 1.04 bits per heavy atom. The first-order valence-electron chi connectivity index (χ1n) is 32.1. The van der Waals surface area contributed by atoms with Crippen LogP contribution in [0.5, 0.6) is 0 Å². The van der Waals surface area contributed by atoms with E-state index in [2.05, 4.69) is 15.0 Å². The van der Waals surface area contributed by atoms with E-state index in [0.717, 1.165) is 0 Å². The van der Waals surface area contributed by atoms with Crippen LogP contribution in [0.1, 0.15) is 45.2 Å². The van der Waals surface area contributed by atoms with Crippen LogP contribution in [-0.4, -0.2) is 15.0 Å². The van der Waals surface area contributed by atoms with E-state index in [1.54, 1.807) is 0 Å². The number of benzene rings is 9. The Bertz CT molecular complexity index is 4810. The average molecular weight is 721 g/mol. The normalized spacial score (nSPS) is 19.9. The maximum atomic E-state index is 9.76. The molecule has 1 heterocycles. The van der Waals surface area contributed by atoms with E-state index in [4.69, 9.17) is 31.5 Å². The lowest BCUT2D eigenvalue weighted by Crippen LogP contribution is -2.00. The van der Waals surface area contributed by atoms with Crippen LogP contribution in [0.25, 0.3) is 99.9 Å². The molecule has 1 aromatic heterocycles. The quantitative estimate of drug-likeness (QED) is 0.161. The number of fused-ring (bicyclic) bond motifs is 6. The topological polar surface area (TPSA) is 38.7 Å². The molecule has 0 saturated heterocycles. The summed E-state index contributed by atoms with van der Waals surface area (Å²) in [4.78, 5) is 12.8. The third-order valence-electron chi connectivity index (χ3n) is 7.87. The van der Waals surface area contributed by atoms with Crippen LogP contribution < -0.4 is 0 Å².